The number of aromatic nitrogens is 1. The van der Waals surface area contributed by atoms with Gasteiger partial charge in [-0.05, 0) is 48.6 Å². The van der Waals surface area contributed by atoms with E-state index >= 15 is 0 Å². The number of amides is 4. The molecular weight excluding hydrogens is 644 g/mol. The number of hydrazine groups is 1. The quantitative estimate of drug-likeness (QED) is 0.166. The second kappa shape index (κ2) is 14.4. The Kier molecular flexibility index (Phi) is 9.64. The number of ether oxygens (including phenoxy) is 1. The number of ketones is 1. The van der Waals surface area contributed by atoms with Crippen LogP contribution >= 0.6 is 0 Å². The molecule has 2 saturated heterocycles. The number of hydrogen-bond donors (Lipinski definition) is 1. The molecule has 0 bridgehead atoms. The normalized spacial score (nSPS) is 19.3. The summed E-state index contributed by atoms with van der Waals surface area (Å²) in [7, 11) is 1.60. The highest BCUT2D eigenvalue weighted by atomic mass is 16.5. The van der Waals surface area contributed by atoms with E-state index in [1.165, 1.54) is 0 Å². The van der Waals surface area contributed by atoms with Gasteiger partial charge in [0, 0.05) is 55.7 Å². The summed E-state index contributed by atoms with van der Waals surface area (Å²) < 4.78 is 7.45. The van der Waals surface area contributed by atoms with Gasteiger partial charge in [0.2, 0.25) is 11.8 Å². The van der Waals surface area contributed by atoms with Crippen LogP contribution in [0.4, 0.5) is 4.79 Å². The summed E-state index contributed by atoms with van der Waals surface area (Å²) in [6, 6.07) is 21.8. The summed E-state index contributed by atoms with van der Waals surface area (Å²) in [5.74, 6) is 0.520. The zero-order chi connectivity index (χ0) is 35.6. The van der Waals surface area contributed by atoms with E-state index in [0.717, 1.165) is 46.0 Å². The number of urea groups is 1. The number of benzene rings is 3. The number of fused-ring (bicyclic) bond motifs is 2. The van der Waals surface area contributed by atoms with Crippen LogP contribution in [0.1, 0.15) is 46.8 Å². The molecule has 1 aliphatic carbocycles. The predicted molar refractivity (Wildman–Crippen MR) is 193 cm³/mol. The van der Waals surface area contributed by atoms with Gasteiger partial charge in [0.15, 0.2) is 5.78 Å². The monoisotopic (exact) mass is 688 g/mol. The molecule has 1 aromatic heterocycles. The maximum absolute atomic E-state index is 14.7. The van der Waals surface area contributed by atoms with Crippen molar-refractivity contribution in [1.29, 1.82) is 0 Å². The molecule has 11 heteroatoms. The van der Waals surface area contributed by atoms with Crippen molar-refractivity contribution >= 4 is 34.5 Å². The second-order valence-electron chi connectivity index (χ2n) is 13.5. The first kappa shape index (κ1) is 34.0. The maximum atomic E-state index is 14.7. The van der Waals surface area contributed by atoms with Crippen molar-refractivity contribution in [3.63, 3.8) is 0 Å². The van der Waals surface area contributed by atoms with Crippen LogP contribution in [0.2, 0.25) is 0 Å². The fraction of sp³-hybridized carbons (Fsp3) is 0.350. The summed E-state index contributed by atoms with van der Waals surface area (Å²) >= 11 is 0. The standard InChI is InChI=1S/C40H44N6O5/c1-4-20-44-26-36(47)45-34(21-27-14-18-31(51-3)19-15-27)39(49)43(25-35(45)46(44)40(50)41-22-28-10-7-6-8-11-28)23-30-12-9-13-32-33(38(48)29-16-17-29)24-42(5-2)37(30)32/h4,6-15,18-19,24,29,34-35H,1,5,16-17,20-23,25-26H2,2-3H3,(H,41,50)/t34-,35-/m0/s1. The van der Waals surface area contributed by atoms with E-state index in [2.05, 4.69) is 16.5 Å². The topological polar surface area (TPSA) is 107 Å². The number of rotatable bonds is 12. The van der Waals surface area contributed by atoms with Gasteiger partial charge < -0.3 is 24.4 Å². The van der Waals surface area contributed by atoms with Gasteiger partial charge >= 0.3 is 6.03 Å². The van der Waals surface area contributed by atoms with Gasteiger partial charge in [-0.15, -0.1) is 6.58 Å². The van der Waals surface area contributed by atoms with E-state index in [0.29, 0.717) is 18.8 Å². The van der Waals surface area contributed by atoms with Gasteiger partial charge in [0.05, 0.1) is 25.7 Å². The van der Waals surface area contributed by atoms with Crippen LogP contribution in [-0.2, 0) is 35.6 Å². The molecule has 3 heterocycles. The van der Waals surface area contributed by atoms with Crippen molar-refractivity contribution in [2.24, 2.45) is 5.92 Å². The highest BCUT2D eigenvalue weighted by Crippen LogP contribution is 2.37. The van der Waals surface area contributed by atoms with Gasteiger partial charge in [-0.25, -0.2) is 14.8 Å². The number of methoxy groups -OCH3 is 1. The number of piperazine rings is 1. The van der Waals surface area contributed by atoms with Crippen LogP contribution < -0.4 is 10.1 Å². The van der Waals surface area contributed by atoms with Crippen molar-refractivity contribution in [1.82, 2.24) is 29.7 Å². The fourth-order valence-electron chi connectivity index (χ4n) is 7.47. The van der Waals surface area contributed by atoms with Crippen molar-refractivity contribution in [2.45, 2.75) is 58.0 Å². The van der Waals surface area contributed by atoms with Crippen LogP contribution in [0.5, 0.6) is 5.75 Å². The van der Waals surface area contributed by atoms with Gasteiger partial charge in [-0.3, -0.25) is 14.4 Å². The molecule has 0 spiro atoms. The van der Waals surface area contributed by atoms with Crippen LogP contribution in [0, 0.1) is 5.92 Å². The third kappa shape index (κ3) is 6.73. The third-order valence-electron chi connectivity index (χ3n) is 10.2. The molecule has 51 heavy (non-hydrogen) atoms. The molecule has 7 rings (SSSR count). The number of nitrogens with zero attached hydrogens (tertiary/aromatic N) is 5. The van der Waals surface area contributed by atoms with E-state index in [9.17, 15) is 19.2 Å². The van der Waals surface area contributed by atoms with Crippen molar-refractivity contribution in [3.8, 4) is 5.75 Å². The minimum Gasteiger partial charge on any atom is -0.497 e. The first-order chi connectivity index (χ1) is 24.8. The molecule has 3 aliphatic rings. The lowest BCUT2D eigenvalue weighted by Gasteiger charge is -2.55. The number of carbonyl (C=O) groups excluding carboxylic acids is 4. The molecule has 0 unspecified atom stereocenters. The van der Waals surface area contributed by atoms with Gasteiger partial charge in [-0.1, -0.05) is 66.7 Å². The lowest BCUT2D eigenvalue weighted by molar-refractivity contribution is -0.189. The van der Waals surface area contributed by atoms with Gasteiger partial charge in [-0.2, -0.15) is 0 Å². The molecule has 4 aromatic rings. The average Bonchev–Trinajstić information content (AvgIpc) is 3.93. The highest BCUT2D eigenvalue weighted by molar-refractivity contribution is 6.10. The van der Waals surface area contributed by atoms with Crippen molar-refractivity contribution in [3.05, 3.63) is 114 Å². The summed E-state index contributed by atoms with van der Waals surface area (Å²) in [4.78, 5) is 59.5. The predicted octanol–water partition coefficient (Wildman–Crippen LogP) is 5.00. The van der Waals surface area contributed by atoms with E-state index in [1.807, 2.05) is 85.9 Å². The number of nitrogens with one attached hydrogen (secondary N) is 1. The summed E-state index contributed by atoms with van der Waals surface area (Å²) in [6.07, 6.45) is 4.95. The number of hydrogen-bond acceptors (Lipinski definition) is 6. The molecule has 0 radical (unpaired) electrons. The Morgan fingerprint density at radius 1 is 0.980 bits per heavy atom. The van der Waals surface area contributed by atoms with Crippen molar-refractivity contribution in [2.75, 3.05) is 26.7 Å². The molecule has 264 valence electrons. The zero-order valence-corrected chi connectivity index (χ0v) is 29.2. The van der Waals surface area contributed by atoms with Crippen LogP contribution in [0.15, 0.2) is 91.6 Å². The molecule has 1 N–H and O–H groups in total. The summed E-state index contributed by atoms with van der Waals surface area (Å²) in [5.41, 5.74) is 4.36. The zero-order valence-electron chi connectivity index (χ0n) is 29.2. The number of para-hydroxylation sites is 1. The molecule has 2 aliphatic heterocycles. The van der Waals surface area contributed by atoms with E-state index < -0.39 is 12.2 Å². The minimum atomic E-state index is -0.857. The number of aryl methyl sites for hydroxylation is 1. The first-order valence-corrected chi connectivity index (χ1v) is 17.7. The fourth-order valence-corrected chi connectivity index (χ4v) is 7.47. The molecule has 11 nitrogen and oxygen atoms in total. The van der Waals surface area contributed by atoms with Crippen LogP contribution in [0.25, 0.3) is 10.9 Å². The molecule has 4 amide bonds. The molecule has 3 fully saturated rings. The van der Waals surface area contributed by atoms with E-state index in [-0.39, 0.29) is 62.1 Å². The minimum absolute atomic E-state index is 0.0746. The first-order valence-electron chi connectivity index (χ1n) is 17.7. The number of Topliss-reactive ketones (excluding diaryl/α,β-unsaturated/α-hetero) is 1. The highest BCUT2D eigenvalue weighted by Gasteiger charge is 2.51. The Bertz CT molecular complexity index is 1950. The molecule has 2 atom stereocenters. The Labute approximate surface area is 298 Å². The van der Waals surface area contributed by atoms with Crippen molar-refractivity contribution < 1.29 is 23.9 Å². The number of carbonyl (C=O) groups is 4. The Morgan fingerprint density at radius 2 is 1.75 bits per heavy atom. The Morgan fingerprint density at radius 3 is 2.43 bits per heavy atom. The molecule has 3 aromatic carbocycles. The molecule has 1 saturated carbocycles. The maximum Gasteiger partial charge on any atom is 0.334 e. The smallest absolute Gasteiger partial charge is 0.334 e. The largest absolute Gasteiger partial charge is 0.497 e. The molecular formula is C40H44N6O5. The average molecular weight is 689 g/mol. The summed E-state index contributed by atoms with van der Waals surface area (Å²) in [6.45, 7) is 7.44. The van der Waals surface area contributed by atoms with Crippen LogP contribution in [0.3, 0.4) is 0 Å². The second-order valence-corrected chi connectivity index (χ2v) is 13.5. The SMILES string of the molecule is C=CCN1CC(=O)N2[C@@H](Cc3ccc(OC)cc3)C(=O)N(Cc3cccc4c(C(=O)C5CC5)cn(CC)c34)C[C@@H]2N1C(=O)NCc1ccccc1. The Hall–Kier alpha value is -5.42. The lowest BCUT2D eigenvalue weighted by Crippen LogP contribution is -2.76. The summed E-state index contributed by atoms with van der Waals surface area (Å²) in [5, 5.41) is 7.23. The third-order valence-corrected chi connectivity index (χ3v) is 10.2. The van der Waals surface area contributed by atoms with Crippen LogP contribution in [-0.4, -0.2) is 87.0 Å². The van der Waals surface area contributed by atoms with Gasteiger partial charge in [0.1, 0.15) is 18.0 Å². The van der Waals surface area contributed by atoms with E-state index in [1.54, 1.807) is 33.0 Å². The lowest BCUT2D eigenvalue weighted by atomic mass is 9.97. The Balaban J connectivity index is 1.26. The van der Waals surface area contributed by atoms with E-state index in [4.69, 9.17) is 4.74 Å². The van der Waals surface area contributed by atoms with Gasteiger partial charge in [0.25, 0.3) is 0 Å².